The molecule has 0 radical (unpaired) electrons. The van der Waals surface area contributed by atoms with Gasteiger partial charge in [-0.3, -0.25) is 0 Å². The van der Waals surface area contributed by atoms with Gasteiger partial charge in [0.15, 0.2) is 0 Å². The van der Waals surface area contributed by atoms with Crippen molar-refractivity contribution in [2.24, 2.45) is 0 Å². The van der Waals surface area contributed by atoms with Crippen molar-refractivity contribution in [2.45, 2.75) is 199 Å². The maximum atomic E-state index is 5.73. The molecule has 0 aromatic carbocycles. The van der Waals surface area contributed by atoms with Gasteiger partial charge >= 0.3 is 0 Å². The maximum Gasteiger partial charge on any atom is 0.0576 e. The van der Waals surface area contributed by atoms with Crippen LogP contribution in [0.5, 0.6) is 0 Å². The summed E-state index contributed by atoms with van der Waals surface area (Å²) >= 11 is 2.33. The molecule has 1 aliphatic heterocycles. The highest BCUT2D eigenvalue weighted by Gasteiger charge is 2.14. The zero-order chi connectivity index (χ0) is 25.1. The second-order valence-corrected chi connectivity index (χ2v) is 13.0. The number of hydrogen-bond acceptors (Lipinski definition) is 2. The molecule has 2 heteroatoms. The summed E-state index contributed by atoms with van der Waals surface area (Å²) in [6, 6.07) is 0. The zero-order valence-electron chi connectivity index (χ0n) is 24.5. The molecule has 0 spiro atoms. The lowest BCUT2D eigenvalue weighted by atomic mass is 10.0. The van der Waals surface area contributed by atoms with E-state index in [1.807, 2.05) is 0 Å². The highest BCUT2D eigenvalue weighted by molar-refractivity contribution is 7.99. The van der Waals surface area contributed by atoms with E-state index in [9.17, 15) is 0 Å². The summed E-state index contributed by atoms with van der Waals surface area (Å²) in [5, 5.41) is 0.952. The first kappa shape index (κ1) is 33.3. The number of hydrogen-bond donors (Lipinski definition) is 0. The highest BCUT2D eigenvalue weighted by atomic mass is 32.2. The van der Waals surface area contributed by atoms with Crippen LogP contribution in [0.1, 0.15) is 187 Å². The van der Waals surface area contributed by atoms with Crippen LogP contribution < -0.4 is 0 Å². The molecule has 210 valence electrons. The van der Waals surface area contributed by atoms with E-state index in [-0.39, 0.29) is 0 Å². The average Bonchev–Trinajstić information content (AvgIpc) is 3.39. The molecule has 2 atom stereocenters. The molecule has 0 saturated carbocycles. The molecule has 1 saturated heterocycles. The van der Waals surface area contributed by atoms with Gasteiger partial charge in [0.25, 0.3) is 0 Å². The fourth-order valence-corrected chi connectivity index (χ4v) is 7.00. The second kappa shape index (κ2) is 27.3. The predicted molar refractivity (Wildman–Crippen MR) is 162 cm³/mol. The van der Waals surface area contributed by atoms with Gasteiger partial charge in [-0.25, -0.2) is 0 Å². The van der Waals surface area contributed by atoms with E-state index < -0.39 is 0 Å². The van der Waals surface area contributed by atoms with Gasteiger partial charge < -0.3 is 4.74 Å². The second-order valence-electron chi connectivity index (χ2n) is 11.6. The van der Waals surface area contributed by atoms with Crippen LogP contribution in [-0.4, -0.2) is 23.7 Å². The standard InChI is InChI=1S/C33H66OS/c1-3-5-7-9-15-19-23-29-33(28-22-8-6-4-2)35-31-24-20-17-14-12-10-11-13-16-18-21-26-32-27-25-30-34-32/h32-33H,3-31H2,1-2H3. The van der Waals surface area contributed by atoms with Gasteiger partial charge in [0, 0.05) is 11.9 Å². The van der Waals surface area contributed by atoms with Crippen LogP contribution in [0.4, 0.5) is 0 Å². The van der Waals surface area contributed by atoms with E-state index in [2.05, 4.69) is 25.6 Å². The van der Waals surface area contributed by atoms with E-state index in [1.54, 1.807) is 0 Å². The van der Waals surface area contributed by atoms with Gasteiger partial charge in [-0.2, -0.15) is 11.8 Å². The van der Waals surface area contributed by atoms with Gasteiger partial charge in [0.1, 0.15) is 0 Å². The van der Waals surface area contributed by atoms with Crippen molar-refractivity contribution in [3.8, 4) is 0 Å². The average molecular weight is 511 g/mol. The molecule has 0 aromatic rings. The monoisotopic (exact) mass is 510 g/mol. The summed E-state index contributed by atoms with van der Waals surface area (Å²) in [6.07, 6.45) is 39.4. The third-order valence-electron chi connectivity index (χ3n) is 8.06. The molecule has 1 heterocycles. The predicted octanol–water partition coefficient (Wildman–Crippen LogP) is 12.1. The zero-order valence-corrected chi connectivity index (χ0v) is 25.3. The largest absolute Gasteiger partial charge is 0.378 e. The lowest BCUT2D eigenvalue weighted by Crippen LogP contribution is -2.04. The minimum atomic E-state index is 0.607. The number of thioether (sulfide) groups is 1. The molecule has 0 aliphatic carbocycles. The first-order valence-corrected chi connectivity index (χ1v) is 17.6. The minimum Gasteiger partial charge on any atom is -0.378 e. The molecular weight excluding hydrogens is 444 g/mol. The number of rotatable bonds is 28. The molecule has 1 rings (SSSR count). The van der Waals surface area contributed by atoms with Crippen molar-refractivity contribution in [1.82, 2.24) is 0 Å². The normalized spacial score (nSPS) is 16.8. The molecule has 0 N–H and O–H groups in total. The molecule has 1 nitrogen and oxygen atoms in total. The topological polar surface area (TPSA) is 9.23 Å². The van der Waals surface area contributed by atoms with Crippen molar-refractivity contribution in [3.63, 3.8) is 0 Å². The SMILES string of the molecule is CCCCCCCCCC(CCCCCC)SCCCCCCCCCCCCCC1CCCO1. The Bertz CT molecular complexity index is 393. The Balaban J connectivity index is 1.89. The van der Waals surface area contributed by atoms with Crippen LogP contribution in [0.2, 0.25) is 0 Å². The molecule has 1 fully saturated rings. The van der Waals surface area contributed by atoms with E-state index in [0.717, 1.165) is 11.9 Å². The van der Waals surface area contributed by atoms with Gasteiger partial charge in [-0.15, -0.1) is 0 Å². The third kappa shape index (κ3) is 23.2. The Morgan fingerprint density at radius 3 is 1.54 bits per heavy atom. The fourth-order valence-electron chi connectivity index (χ4n) is 5.63. The van der Waals surface area contributed by atoms with Crippen molar-refractivity contribution in [1.29, 1.82) is 0 Å². The van der Waals surface area contributed by atoms with Crippen LogP contribution in [0.3, 0.4) is 0 Å². The van der Waals surface area contributed by atoms with Gasteiger partial charge in [-0.05, 0) is 44.3 Å². The van der Waals surface area contributed by atoms with Gasteiger partial charge in [0.2, 0.25) is 0 Å². The fraction of sp³-hybridized carbons (Fsp3) is 1.00. The van der Waals surface area contributed by atoms with Crippen molar-refractivity contribution >= 4 is 11.8 Å². The minimum absolute atomic E-state index is 0.607. The maximum absolute atomic E-state index is 5.73. The Labute approximate surface area is 227 Å². The summed E-state index contributed by atoms with van der Waals surface area (Å²) in [5.41, 5.74) is 0. The van der Waals surface area contributed by atoms with E-state index >= 15 is 0 Å². The summed E-state index contributed by atoms with van der Waals surface area (Å²) in [7, 11) is 0. The van der Waals surface area contributed by atoms with Crippen LogP contribution >= 0.6 is 11.8 Å². The Morgan fingerprint density at radius 1 is 0.571 bits per heavy atom. The molecule has 1 aliphatic rings. The summed E-state index contributed by atoms with van der Waals surface area (Å²) in [6.45, 7) is 5.67. The third-order valence-corrected chi connectivity index (χ3v) is 9.52. The van der Waals surface area contributed by atoms with Crippen LogP contribution in [0, 0.1) is 0 Å². The van der Waals surface area contributed by atoms with E-state index in [4.69, 9.17) is 4.74 Å². The quantitative estimate of drug-likeness (QED) is 0.0967. The van der Waals surface area contributed by atoms with E-state index in [1.165, 1.54) is 179 Å². The summed E-state index contributed by atoms with van der Waals surface area (Å²) in [4.78, 5) is 0. The lowest BCUT2D eigenvalue weighted by molar-refractivity contribution is 0.102. The molecule has 2 unspecified atom stereocenters. The van der Waals surface area contributed by atoms with Crippen molar-refractivity contribution in [2.75, 3.05) is 12.4 Å². The Hall–Kier alpha value is 0.310. The first-order chi connectivity index (χ1) is 17.4. The van der Waals surface area contributed by atoms with E-state index in [0.29, 0.717) is 6.10 Å². The summed E-state index contributed by atoms with van der Waals surface area (Å²) in [5.74, 6) is 1.42. The highest BCUT2D eigenvalue weighted by Crippen LogP contribution is 2.26. The smallest absolute Gasteiger partial charge is 0.0576 e. The Kier molecular flexibility index (Phi) is 26.0. The van der Waals surface area contributed by atoms with Gasteiger partial charge in [0.05, 0.1) is 6.10 Å². The van der Waals surface area contributed by atoms with Crippen LogP contribution in [0.15, 0.2) is 0 Å². The van der Waals surface area contributed by atoms with Crippen molar-refractivity contribution < 1.29 is 4.74 Å². The molecule has 0 bridgehead atoms. The molecule has 35 heavy (non-hydrogen) atoms. The van der Waals surface area contributed by atoms with Gasteiger partial charge in [-0.1, -0.05) is 149 Å². The molecule has 0 aromatic heterocycles. The van der Waals surface area contributed by atoms with Crippen LogP contribution in [0.25, 0.3) is 0 Å². The summed E-state index contributed by atoms with van der Waals surface area (Å²) < 4.78 is 5.73. The number of unbranched alkanes of at least 4 members (excludes halogenated alkanes) is 19. The van der Waals surface area contributed by atoms with Crippen molar-refractivity contribution in [3.05, 3.63) is 0 Å². The first-order valence-electron chi connectivity index (χ1n) is 16.6. The number of ether oxygens (including phenoxy) is 1. The molecular formula is C33H66OS. The lowest BCUT2D eigenvalue weighted by Gasteiger charge is -2.17. The Morgan fingerprint density at radius 2 is 1.03 bits per heavy atom. The van der Waals surface area contributed by atoms with Crippen LogP contribution in [-0.2, 0) is 4.74 Å². The molecule has 0 amide bonds.